The molecule has 0 heterocycles. The summed E-state index contributed by atoms with van der Waals surface area (Å²) in [6.07, 6.45) is 9.29. The molecule has 0 N–H and O–H groups in total. The fourth-order valence-corrected chi connectivity index (χ4v) is 3.01. The van der Waals surface area contributed by atoms with E-state index in [-0.39, 0.29) is 37.2 Å². The maximum absolute atomic E-state index is 2.38. The molecule has 0 spiro atoms. The van der Waals surface area contributed by atoms with Crippen LogP contribution in [0.15, 0.2) is 22.5 Å². The molecule has 0 fully saturated rings. The first-order valence-corrected chi connectivity index (χ1v) is 5.62. The van der Waals surface area contributed by atoms with E-state index in [0.717, 1.165) is 0 Å². The molecule has 14 heavy (non-hydrogen) atoms. The molecular weight excluding hydrogens is 277 g/mol. The van der Waals surface area contributed by atoms with Gasteiger partial charge in [-0.2, -0.15) is 0 Å². The molecule has 0 aromatic rings. The Morgan fingerprint density at radius 1 is 1.29 bits per heavy atom. The second-order valence-corrected chi connectivity index (χ2v) is 6.70. The summed E-state index contributed by atoms with van der Waals surface area (Å²) in [6.45, 7) is 7.05. The second kappa shape index (κ2) is 9.18. The Balaban J connectivity index is -0.000000403. The van der Waals surface area contributed by atoms with Crippen molar-refractivity contribution in [1.82, 2.24) is 0 Å². The van der Waals surface area contributed by atoms with E-state index in [1.165, 1.54) is 12.8 Å². The Labute approximate surface area is 113 Å². The molecule has 0 amide bonds. The third kappa shape index (κ3) is 7.26. The molecule has 0 saturated carbocycles. The van der Waals surface area contributed by atoms with E-state index in [1.807, 2.05) is 0 Å². The molecule has 1 rings (SSSR count). The van der Waals surface area contributed by atoms with Crippen molar-refractivity contribution in [1.29, 1.82) is 0 Å². The number of hydrogen-bond donors (Lipinski definition) is 0. The predicted molar refractivity (Wildman–Crippen MR) is 67.9 cm³/mol. The molecule has 1 aliphatic carbocycles. The van der Waals surface area contributed by atoms with Crippen molar-refractivity contribution in [3.8, 4) is 0 Å². The van der Waals surface area contributed by atoms with Crippen LogP contribution in [-0.4, -0.2) is 0 Å². The van der Waals surface area contributed by atoms with Gasteiger partial charge in [0.05, 0.1) is 0 Å². The van der Waals surface area contributed by atoms with Gasteiger partial charge in [0.2, 0.25) is 0 Å². The van der Waals surface area contributed by atoms with Gasteiger partial charge in [0.1, 0.15) is 0 Å². The summed E-state index contributed by atoms with van der Waals surface area (Å²) in [6, 6.07) is 0. The van der Waals surface area contributed by atoms with E-state index >= 15 is 0 Å². The molecule has 0 aliphatic heterocycles. The van der Waals surface area contributed by atoms with Gasteiger partial charge in [0, 0.05) is 0 Å². The molecule has 0 atom stereocenters. The van der Waals surface area contributed by atoms with E-state index in [1.54, 1.807) is 4.28 Å². The van der Waals surface area contributed by atoms with Gasteiger partial charge in [-0.05, 0) is 0 Å². The van der Waals surface area contributed by atoms with Gasteiger partial charge < -0.3 is 0 Å². The molecule has 0 nitrogen and oxygen atoms in total. The Morgan fingerprint density at radius 3 is 2.21 bits per heavy atom. The Bertz CT molecular complexity index is 198. The van der Waals surface area contributed by atoms with Gasteiger partial charge in [0.15, 0.2) is 0 Å². The number of rotatable bonds is 3. The first-order chi connectivity index (χ1) is 5.14. The van der Waals surface area contributed by atoms with Crippen molar-refractivity contribution < 1.29 is 16.3 Å². The molecule has 0 aromatic heterocycles. The largest absolute Gasteiger partial charge is 0.147 e. The number of allylic oxidation sites excluding steroid dienone is 4. The molecule has 0 saturated heterocycles. The van der Waals surface area contributed by atoms with E-state index in [4.69, 9.17) is 0 Å². The summed E-state index contributed by atoms with van der Waals surface area (Å²) >= 11 is 0.419. The van der Waals surface area contributed by atoms with Gasteiger partial charge in [-0.1, -0.05) is 0 Å². The third-order valence-corrected chi connectivity index (χ3v) is 4.47. The summed E-state index contributed by atoms with van der Waals surface area (Å²) in [5, 5.41) is 0. The minimum absolute atomic E-state index is 0. The first-order valence-electron chi connectivity index (χ1n) is 4.23. The van der Waals surface area contributed by atoms with Crippen molar-refractivity contribution >= 4 is 37.2 Å². The SMILES string of the molecule is CC[C](C)(C)[V][C]1=CC=CC1.Cl.Cl.Cl. The summed E-state index contributed by atoms with van der Waals surface area (Å²) in [5.41, 5.74) is 0. The van der Waals surface area contributed by atoms with Crippen molar-refractivity contribution in [2.45, 2.75) is 37.7 Å². The minimum Gasteiger partial charge on any atom is -0.147 e. The maximum Gasteiger partial charge on any atom is -0.147 e. The Hall–Kier alpha value is 0.934. The van der Waals surface area contributed by atoms with Gasteiger partial charge in [0.25, 0.3) is 0 Å². The fourth-order valence-electron chi connectivity index (χ4n) is 0.987. The van der Waals surface area contributed by atoms with Crippen LogP contribution >= 0.6 is 37.2 Å². The monoisotopic (exact) mass is 295 g/mol. The Kier molecular flexibility index (Phi) is 13.4. The van der Waals surface area contributed by atoms with Crippen LogP contribution in [0.4, 0.5) is 0 Å². The number of halogens is 3. The second-order valence-electron chi connectivity index (χ2n) is 3.57. The smallest absolute Gasteiger partial charge is 0.147 e. The standard InChI is InChI=1S/C5H5.C5H11.3ClH.V/c1-2-4-5-3-1;1-4-5(2)3;;;;/h1-3H,4H2;4H2,1-3H3;3*1H;. The number of hydrogen-bond acceptors (Lipinski definition) is 0. The normalized spacial score (nSPS) is 13.2. The average Bonchev–Trinajstić information content (AvgIpc) is 2.39. The van der Waals surface area contributed by atoms with Crippen LogP contribution in [0.5, 0.6) is 0 Å². The molecule has 0 unspecified atom stereocenters. The van der Waals surface area contributed by atoms with Gasteiger partial charge >= 0.3 is 76.5 Å². The van der Waals surface area contributed by atoms with Crippen molar-refractivity contribution in [2.75, 3.05) is 0 Å². The van der Waals surface area contributed by atoms with Crippen LogP contribution in [0.1, 0.15) is 33.6 Å². The van der Waals surface area contributed by atoms with E-state index in [2.05, 4.69) is 39.0 Å². The summed E-state index contributed by atoms with van der Waals surface area (Å²) < 4.78 is 2.28. The van der Waals surface area contributed by atoms with Crippen LogP contribution in [0.3, 0.4) is 0 Å². The van der Waals surface area contributed by atoms with Crippen LogP contribution in [-0.2, 0) is 16.3 Å². The van der Waals surface area contributed by atoms with Crippen molar-refractivity contribution in [3.63, 3.8) is 0 Å². The first kappa shape index (κ1) is 20.4. The summed E-state index contributed by atoms with van der Waals surface area (Å²) in [7, 11) is 0. The van der Waals surface area contributed by atoms with Crippen LogP contribution < -0.4 is 0 Å². The average molecular weight is 297 g/mol. The van der Waals surface area contributed by atoms with Crippen molar-refractivity contribution in [2.24, 2.45) is 0 Å². The molecule has 0 radical (unpaired) electrons. The van der Waals surface area contributed by atoms with Gasteiger partial charge in [-0.3, -0.25) is 0 Å². The topological polar surface area (TPSA) is 0 Å². The third-order valence-electron chi connectivity index (χ3n) is 2.06. The van der Waals surface area contributed by atoms with Gasteiger partial charge in [-0.25, -0.2) is 0 Å². The predicted octanol–water partition coefficient (Wildman–Crippen LogP) is 4.79. The quantitative estimate of drug-likeness (QED) is 0.702. The van der Waals surface area contributed by atoms with E-state index in [9.17, 15) is 0 Å². The molecule has 85 valence electrons. The maximum atomic E-state index is 2.38. The van der Waals surface area contributed by atoms with Crippen LogP contribution in [0.2, 0.25) is 4.13 Å². The molecule has 0 bridgehead atoms. The summed E-state index contributed by atoms with van der Waals surface area (Å²) in [4.78, 5) is 0. The van der Waals surface area contributed by atoms with Crippen molar-refractivity contribution in [3.05, 3.63) is 22.5 Å². The minimum atomic E-state index is 0. The van der Waals surface area contributed by atoms with E-state index in [0.29, 0.717) is 20.4 Å². The molecular formula is C10H19Cl3V. The van der Waals surface area contributed by atoms with Crippen LogP contribution in [0, 0.1) is 0 Å². The zero-order valence-corrected chi connectivity index (χ0v) is 12.7. The van der Waals surface area contributed by atoms with Crippen LogP contribution in [0.25, 0.3) is 0 Å². The van der Waals surface area contributed by atoms with Gasteiger partial charge in [-0.15, -0.1) is 37.2 Å². The molecule has 1 aliphatic rings. The van der Waals surface area contributed by atoms with E-state index < -0.39 is 0 Å². The molecule has 4 heteroatoms. The zero-order chi connectivity index (χ0) is 8.32. The summed E-state index contributed by atoms with van der Waals surface area (Å²) in [5.74, 6) is 0. The molecule has 0 aromatic carbocycles. The zero-order valence-electron chi connectivity index (χ0n) is 8.82. The fraction of sp³-hybridized carbons (Fsp3) is 0.600. The Morgan fingerprint density at radius 2 is 1.86 bits per heavy atom.